The van der Waals surface area contributed by atoms with Gasteiger partial charge in [-0.15, -0.1) is 0 Å². The monoisotopic (exact) mass is 321 g/mol. The van der Waals surface area contributed by atoms with Crippen molar-refractivity contribution < 1.29 is 4.74 Å². The van der Waals surface area contributed by atoms with Gasteiger partial charge in [-0.1, -0.05) is 44.0 Å². The van der Waals surface area contributed by atoms with E-state index in [1.807, 2.05) is 18.2 Å². The largest absolute Gasteiger partial charge is 0.492 e. The van der Waals surface area contributed by atoms with Gasteiger partial charge in [0.1, 0.15) is 12.4 Å². The summed E-state index contributed by atoms with van der Waals surface area (Å²) in [4.78, 5) is 2.38. The van der Waals surface area contributed by atoms with Crippen LogP contribution in [0.2, 0.25) is 5.02 Å². The van der Waals surface area contributed by atoms with Crippen LogP contribution in [0.4, 0.5) is 0 Å². The normalized spacial score (nSPS) is 15.2. The Balaban J connectivity index is 2.14. The van der Waals surface area contributed by atoms with Crippen molar-refractivity contribution in [3.8, 4) is 0 Å². The maximum atomic E-state index is 6.41. The van der Waals surface area contributed by atoms with E-state index in [1.165, 1.54) is 24.8 Å². The molecule has 2 rings (SSSR count). The van der Waals surface area contributed by atoms with Crippen LogP contribution < -0.4 is 0 Å². The first-order chi connectivity index (χ1) is 10.8. The van der Waals surface area contributed by atoms with E-state index >= 15 is 0 Å². The first kappa shape index (κ1) is 17.4. The SMILES string of the molecule is CCN(CC)CCOC(=C1CCCCC1)c1ccccc1Cl. The van der Waals surface area contributed by atoms with Gasteiger partial charge in [-0.25, -0.2) is 0 Å². The zero-order valence-electron chi connectivity index (χ0n) is 13.9. The lowest BCUT2D eigenvalue weighted by molar-refractivity contribution is 0.199. The molecule has 1 aromatic rings. The molecule has 0 unspecified atom stereocenters. The van der Waals surface area contributed by atoms with Crippen LogP contribution >= 0.6 is 11.6 Å². The molecular weight excluding hydrogens is 294 g/mol. The molecule has 0 heterocycles. The Bertz CT molecular complexity index is 486. The van der Waals surface area contributed by atoms with Crippen molar-refractivity contribution >= 4 is 17.4 Å². The second-order valence-electron chi connectivity index (χ2n) is 5.85. The summed E-state index contributed by atoms with van der Waals surface area (Å²) in [6.45, 7) is 8.21. The van der Waals surface area contributed by atoms with Gasteiger partial charge < -0.3 is 9.64 Å². The maximum Gasteiger partial charge on any atom is 0.127 e. The topological polar surface area (TPSA) is 12.5 Å². The van der Waals surface area contributed by atoms with Crippen molar-refractivity contribution in [3.63, 3.8) is 0 Å². The highest BCUT2D eigenvalue weighted by Crippen LogP contribution is 2.34. The number of rotatable bonds is 7. The Hall–Kier alpha value is -0.990. The zero-order valence-corrected chi connectivity index (χ0v) is 14.7. The van der Waals surface area contributed by atoms with E-state index < -0.39 is 0 Å². The van der Waals surface area contributed by atoms with Crippen LogP contribution in [0.1, 0.15) is 51.5 Å². The first-order valence-electron chi connectivity index (χ1n) is 8.58. The van der Waals surface area contributed by atoms with Crippen molar-refractivity contribution in [1.82, 2.24) is 4.90 Å². The predicted octanol–water partition coefficient (Wildman–Crippen LogP) is 5.37. The van der Waals surface area contributed by atoms with E-state index in [9.17, 15) is 0 Å². The fourth-order valence-electron chi connectivity index (χ4n) is 3.04. The van der Waals surface area contributed by atoms with Crippen LogP contribution in [-0.2, 0) is 4.74 Å². The average Bonchev–Trinajstić information content (AvgIpc) is 2.57. The minimum Gasteiger partial charge on any atom is -0.492 e. The second kappa shape index (κ2) is 9.22. The Morgan fingerprint density at radius 2 is 1.77 bits per heavy atom. The van der Waals surface area contributed by atoms with Crippen molar-refractivity contribution in [3.05, 3.63) is 40.4 Å². The zero-order chi connectivity index (χ0) is 15.8. The van der Waals surface area contributed by atoms with Crippen LogP contribution in [0.15, 0.2) is 29.8 Å². The van der Waals surface area contributed by atoms with Crippen LogP contribution in [-0.4, -0.2) is 31.1 Å². The number of nitrogens with zero attached hydrogens (tertiary/aromatic N) is 1. The quantitative estimate of drug-likeness (QED) is 0.626. The van der Waals surface area contributed by atoms with Gasteiger partial charge in [-0.05, 0) is 56.5 Å². The summed E-state index contributed by atoms with van der Waals surface area (Å²) in [6.07, 6.45) is 6.15. The third-order valence-electron chi connectivity index (χ3n) is 4.45. The van der Waals surface area contributed by atoms with Gasteiger partial charge in [0.15, 0.2) is 0 Å². The molecular formula is C19H28ClNO. The lowest BCUT2D eigenvalue weighted by atomic mass is 9.92. The molecule has 0 aromatic heterocycles. The molecule has 1 saturated carbocycles. The highest BCUT2D eigenvalue weighted by molar-refractivity contribution is 6.32. The number of benzene rings is 1. The van der Waals surface area contributed by atoms with E-state index in [1.54, 1.807) is 0 Å². The number of hydrogen-bond acceptors (Lipinski definition) is 2. The van der Waals surface area contributed by atoms with Crippen molar-refractivity contribution in [2.45, 2.75) is 46.0 Å². The summed E-state index contributed by atoms with van der Waals surface area (Å²) in [6, 6.07) is 8.05. The van der Waals surface area contributed by atoms with E-state index in [0.717, 1.165) is 55.4 Å². The number of ether oxygens (including phenoxy) is 1. The van der Waals surface area contributed by atoms with Gasteiger partial charge in [0.25, 0.3) is 0 Å². The molecule has 0 saturated heterocycles. The minimum atomic E-state index is 0.728. The van der Waals surface area contributed by atoms with Crippen LogP contribution in [0.5, 0.6) is 0 Å². The Morgan fingerprint density at radius 1 is 1.09 bits per heavy atom. The van der Waals surface area contributed by atoms with Crippen molar-refractivity contribution in [2.24, 2.45) is 0 Å². The van der Waals surface area contributed by atoms with Gasteiger partial charge in [0.2, 0.25) is 0 Å². The van der Waals surface area contributed by atoms with Gasteiger partial charge >= 0.3 is 0 Å². The lowest BCUT2D eigenvalue weighted by Gasteiger charge is -2.23. The van der Waals surface area contributed by atoms with Crippen molar-refractivity contribution in [2.75, 3.05) is 26.2 Å². The minimum absolute atomic E-state index is 0.728. The molecule has 1 fully saturated rings. The second-order valence-corrected chi connectivity index (χ2v) is 6.26. The van der Waals surface area contributed by atoms with Gasteiger partial charge in [-0.2, -0.15) is 0 Å². The molecule has 122 valence electrons. The third-order valence-corrected chi connectivity index (χ3v) is 4.77. The molecule has 0 atom stereocenters. The first-order valence-corrected chi connectivity index (χ1v) is 8.96. The fraction of sp³-hybridized carbons (Fsp3) is 0.579. The molecule has 1 aromatic carbocycles. The van der Waals surface area contributed by atoms with E-state index in [-0.39, 0.29) is 0 Å². The van der Waals surface area contributed by atoms with Gasteiger partial charge in [-0.3, -0.25) is 0 Å². The average molecular weight is 322 g/mol. The van der Waals surface area contributed by atoms with E-state index in [0.29, 0.717) is 0 Å². The van der Waals surface area contributed by atoms with Crippen LogP contribution in [0.3, 0.4) is 0 Å². The standard InChI is InChI=1S/C19H28ClNO/c1-3-21(4-2)14-15-22-19(16-10-6-5-7-11-16)17-12-8-9-13-18(17)20/h8-9,12-13H,3-7,10-11,14-15H2,1-2H3. The molecule has 2 nitrogen and oxygen atoms in total. The Morgan fingerprint density at radius 3 is 2.41 bits per heavy atom. The molecule has 3 heteroatoms. The smallest absolute Gasteiger partial charge is 0.127 e. The molecule has 0 N–H and O–H groups in total. The summed E-state index contributed by atoms with van der Waals surface area (Å²) in [5.74, 6) is 1.04. The van der Waals surface area contributed by atoms with E-state index in [4.69, 9.17) is 16.3 Å². The van der Waals surface area contributed by atoms with Crippen LogP contribution in [0.25, 0.3) is 5.76 Å². The molecule has 22 heavy (non-hydrogen) atoms. The summed E-state index contributed by atoms with van der Waals surface area (Å²) >= 11 is 6.41. The molecule has 0 bridgehead atoms. The van der Waals surface area contributed by atoms with Gasteiger partial charge in [0, 0.05) is 12.1 Å². The summed E-state index contributed by atoms with van der Waals surface area (Å²) < 4.78 is 6.24. The molecule has 1 aliphatic carbocycles. The lowest BCUT2D eigenvalue weighted by Crippen LogP contribution is -2.27. The Labute approximate surface area is 140 Å². The predicted molar refractivity (Wildman–Crippen MR) is 95.2 cm³/mol. The molecule has 0 radical (unpaired) electrons. The molecule has 0 amide bonds. The Kier molecular flexibility index (Phi) is 7.28. The maximum absolute atomic E-state index is 6.41. The highest BCUT2D eigenvalue weighted by Gasteiger charge is 2.16. The molecule has 0 aliphatic heterocycles. The number of allylic oxidation sites excluding steroid dienone is 1. The number of hydrogen-bond donors (Lipinski definition) is 0. The third kappa shape index (κ3) is 4.76. The summed E-state index contributed by atoms with van der Waals surface area (Å²) in [5.41, 5.74) is 2.50. The molecule has 0 spiro atoms. The van der Waals surface area contributed by atoms with Gasteiger partial charge in [0.05, 0.1) is 5.02 Å². The highest BCUT2D eigenvalue weighted by atomic mass is 35.5. The summed E-state index contributed by atoms with van der Waals surface area (Å²) in [5, 5.41) is 0.790. The summed E-state index contributed by atoms with van der Waals surface area (Å²) in [7, 11) is 0. The van der Waals surface area contributed by atoms with Crippen molar-refractivity contribution in [1.29, 1.82) is 0 Å². The number of halogens is 1. The fourth-order valence-corrected chi connectivity index (χ4v) is 3.26. The molecule has 1 aliphatic rings. The van der Waals surface area contributed by atoms with Crippen LogP contribution in [0, 0.1) is 0 Å². The van der Waals surface area contributed by atoms with E-state index in [2.05, 4.69) is 24.8 Å². The number of likely N-dealkylation sites (N-methyl/N-ethyl adjacent to an activating group) is 1.